The molecule has 1 atom stereocenters. The Labute approximate surface area is 131 Å². The van der Waals surface area contributed by atoms with Crippen molar-refractivity contribution in [3.63, 3.8) is 0 Å². The number of amides is 1. The van der Waals surface area contributed by atoms with Gasteiger partial charge in [0.15, 0.2) is 0 Å². The van der Waals surface area contributed by atoms with Crippen LogP contribution in [0.15, 0.2) is 18.3 Å². The zero-order chi connectivity index (χ0) is 15.9. The first kappa shape index (κ1) is 16.7. The van der Waals surface area contributed by atoms with Crippen LogP contribution in [-0.2, 0) is 4.74 Å². The van der Waals surface area contributed by atoms with Gasteiger partial charge in [0.05, 0.1) is 18.8 Å². The van der Waals surface area contributed by atoms with Gasteiger partial charge in [-0.1, -0.05) is 0 Å². The highest BCUT2D eigenvalue weighted by Gasteiger charge is 2.24. The summed E-state index contributed by atoms with van der Waals surface area (Å²) in [6.07, 6.45) is 3.75. The average molecular weight is 307 g/mol. The number of hydrogen-bond donors (Lipinski definition) is 1. The van der Waals surface area contributed by atoms with Crippen molar-refractivity contribution in [3.05, 3.63) is 23.9 Å². The van der Waals surface area contributed by atoms with Gasteiger partial charge in [-0.25, -0.2) is 4.98 Å². The summed E-state index contributed by atoms with van der Waals surface area (Å²) in [7, 11) is 3.56. The molecule has 1 N–H and O–H groups in total. The van der Waals surface area contributed by atoms with E-state index in [0.29, 0.717) is 24.6 Å². The number of carbonyl (C=O) groups excluding carboxylic acids is 1. The maximum atomic E-state index is 12.5. The molecule has 0 radical (unpaired) electrons. The smallest absolute Gasteiger partial charge is 0.255 e. The van der Waals surface area contributed by atoms with Crippen LogP contribution in [0.2, 0.25) is 0 Å². The van der Waals surface area contributed by atoms with Gasteiger partial charge in [0.2, 0.25) is 0 Å². The van der Waals surface area contributed by atoms with Gasteiger partial charge >= 0.3 is 0 Å². The first-order valence-electron chi connectivity index (χ1n) is 7.72. The number of carbonyl (C=O) groups is 1. The standard InChI is InChI=1S/C16H25N3O3/c1-18(8-9-20)15-6-5-14(10-17-15)16(21)19-7-3-4-13(11-19)12-22-2/h5-6,10,13,20H,3-4,7-9,11-12H2,1-2H3. The van der Waals surface area contributed by atoms with Gasteiger partial charge in [0.1, 0.15) is 5.82 Å². The lowest BCUT2D eigenvalue weighted by Gasteiger charge is -2.32. The minimum Gasteiger partial charge on any atom is -0.395 e. The van der Waals surface area contributed by atoms with Gasteiger partial charge in [-0.3, -0.25) is 4.79 Å². The van der Waals surface area contributed by atoms with E-state index in [-0.39, 0.29) is 12.5 Å². The number of likely N-dealkylation sites (N-methyl/N-ethyl adjacent to an activating group) is 1. The Balaban J connectivity index is 2.00. The molecule has 6 nitrogen and oxygen atoms in total. The van der Waals surface area contributed by atoms with E-state index in [2.05, 4.69) is 4.98 Å². The fraction of sp³-hybridized carbons (Fsp3) is 0.625. The van der Waals surface area contributed by atoms with Crippen LogP contribution in [0, 0.1) is 5.92 Å². The minimum absolute atomic E-state index is 0.0321. The molecule has 1 aromatic heterocycles. The number of nitrogens with zero attached hydrogens (tertiary/aromatic N) is 3. The lowest BCUT2D eigenvalue weighted by Crippen LogP contribution is -2.41. The van der Waals surface area contributed by atoms with E-state index in [0.717, 1.165) is 31.7 Å². The number of rotatable bonds is 6. The normalized spacial score (nSPS) is 18.3. The predicted octanol–water partition coefficient (Wildman–Crippen LogP) is 1.01. The monoisotopic (exact) mass is 307 g/mol. The van der Waals surface area contributed by atoms with Gasteiger partial charge < -0.3 is 19.6 Å². The number of anilines is 1. The Hall–Kier alpha value is -1.66. The van der Waals surface area contributed by atoms with Gasteiger partial charge in [0, 0.05) is 40.0 Å². The number of aromatic nitrogens is 1. The quantitative estimate of drug-likeness (QED) is 0.849. The molecule has 1 unspecified atom stereocenters. The second-order valence-corrected chi connectivity index (χ2v) is 5.76. The number of hydrogen-bond acceptors (Lipinski definition) is 5. The minimum atomic E-state index is 0.0321. The van der Waals surface area contributed by atoms with Crippen LogP contribution in [0.3, 0.4) is 0 Å². The van der Waals surface area contributed by atoms with Crippen LogP contribution in [0.5, 0.6) is 0 Å². The van der Waals surface area contributed by atoms with Crippen molar-refractivity contribution in [3.8, 4) is 0 Å². The van der Waals surface area contributed by atoms with E-state index in [1.165, 1.54) is 0 Å². The summed E-state index contributed by atoms with van der Waals surface area (Å²) in [5, 5.41) is 8.94. The fourth-order valence-corrected chi connectivity index (χ4v) is 2.81. The summed E-state index contributed by atoms with van der Waals surface area (Å²) in [5.74, 6) is 1.21. The Kier molecular flexibility index (Phi) is 6.15. The van der Waals surface area contributed by atoms with Crippen LogP contribution in [-0.4, -0.2) is 67.9 Å². The summed E-state index contributed by atoms with van der Waals surface area (Å²) in [6, 6.07) is 3.62. The van der Waals surface area contributed by atoms with Crippen molar-refractivity contribution in [1.29, 1.82) is 0 Å². The van der Waals surface area contributed by atoms with Crippen LogP contribution in [0.4, 0.5) is 5.82 Å². The molecule has 0 aliphatic carbocycles. The molecule has 22 heavy (non-hydrogen) atoms. The topological polar surface area (TPSA) is 65.9 Å². The first-order chi connectivity index (χ1) is 10.7. The lowest BCUT2D eigenvalue weighted by atomic mass is 9.98. The zero-order valence-electron chi connectivity index (χ0n) is 13.4. The SMILES string of the molecule is COCC1CCCN(C(=O)c2ccc(N(C)CCO)nc2)C1. The van der Waals surface area contributed by atoms with E-state index >= 15 is 0 Å². The van der Waals surface area contributed by atoms with Crippen LogP contribution >= 0.6 is 0 Å². The molecule has 0 bridgehead atoms. The summed E-state index contributed by atoms with van der Waals surface area (Å²) in [4.78, 5) is 20.6. The van der Waals surface area contributed by atoms with Crippen molar-refractivity contribution >= 4 is 11.7 Å². The van der Waals surface area contributed by atoms with E-state index in [1.807, 2.05) is 22.9 Å². The third-order valence-corrected chi connectivity index (χ3v) is 4.03. The molecular formula is C16H25N3O3. The number of aliphatic hydroxyl groups excluding tert-OH is 1. The molecule has 122 valence electrons. The van der Waals surface area contributed by atoms with Crippen LogP contribution in [0.25, 0.3) is 0 Å². The molecule has 2 heterocycles. The van der Waals surface area contributed by atoms with Crippen LogP contribution < -0.4 is 4.90 Å². The third kappa shape index (κ3) is 4.18. The molecule has 0 spiro atoms. The maximum absolute atomic E-state index is 12.5. The molecular weight excluding hydrogens is 282 g/mol. The van der Waals surface area contributed by atoms with E-state index < -0.39 is 0 Å². The fourth-order valence-electron chi connectivity index (χ4n) is 2.81. The highest BCUT2D eigenvalue weighted by atomic mass is 16.5. The molecule has 6 heteroatoms. The highest BCUT2D eigenvalue weighted by Crippen LogP contribution is 2.19. The first-order valence-corrected chi connectivity index (χ1v) is 7.72. The number of methoxy groups -OCH3 is 1. The zero-order valence-corrected chi connectivity index (χ0v) is 13.4. The van der Waals surface area contributed by atoms with Crippen molar-refractivity contribution < 1.29 is 14.6 Å². The number of pyridine rings is 1. The molecule has 1 saturated heterocycles. The van der Waals surface area contributed by atoms with Crippen LogP contribution in [0.1, 0.15) is 23.2 Å². The van der Waals surface area contributed by atoms with E-state index in [9.17, 15) is 4.79 Å². The van der Waals surface area contributed by atoms with Gasteiger partial charge in [-0.15, -0.1) is 0 Å². The molecule has 1 aliphatic rings. The van der Waals surface area contributed by atoms with Gasteiger partial charge in [-0.05, 0) is 30.9 Å². The molecule has 1 aliphatic heterocycles. The molecule has 2 rings (SSSR count). The summed E-state index contributed by atoms with van der Waals surface area (Å²) in [6.45, 7) is 2.84. The Morgan fingerprint density at radius 2 is 2.36 bits per heavy atom. The molecule has 1 aromatic rings. The summed E-state index contributed by atoms with van der Waals surface area (Å²) < 4.78 is 5.20. The Morgan fingerprint density at radius 3 is 3.00 bits per heavy atom. The molecule has 1 fully saturated rings. The number of ether oxygens (including phenoxy) is 1. The molecule has 0 saturated carbocycles. The third-order valence-electron chi connectivity index (χ3n) is 4.03. The van der Waals surface area contributed by atoms with E-state index in [4.69, 9.17) is 9.84 Å². The largest absolute Gasteiger partial charge is 0.395 e. The van der Waals surface area contributed by atoms with Gasteiger partial charge in [0.25, 0.3) is 5.91 Å². The molecule has 1 amide bonds. The van der Waals surface area contributed by atoms with Gasteiger partial charge in [-0.2, -0.15) is 0 Å². The molecule has 0 aromatic carbocycles. The number of piperidine rings is 1. The maximum Gasteiger partial charge on any atom is 0.255 e. The summed E-state index contributed by atoms with van der Waals surface area (Å²) in [5.41, 5.74) is 0.610. The Bertz CT molecular complexity index is 476. The second-order valence-electron chi connectivity index (χ2n) is 5.76. The summed E-state index contributed by atoms with van der Waals surface area (Å²) >= 11 is 0. The van der Waals surface area contributed by atoms with Crippen molar-refractivity contribution in [2.45, 2.75) is 12.8 Å². The van der Waals surface area contributed by atoms with E-state index in [1.54, 1.807) is 19.4 Å². The van der Waals surface area contributed by atoms with Crippen molar-refractivity contribution in [1.82, 2.24) is 9.88 Å². The average Bonchev–Trinajstić information content (AvgIpc) is 2.55. The second kappa shape index (κ2) is 8.10. The van der Waals surface area contributed by atoms with Crippen molar-refractivity contribution in [2.75, 3.05) is 51.9 Å². The Morgan fingerprint density at radius 1 is 1.55 bits per heavy atom. The van der Waals surface area contributed by atoms with Crippen molar-refractivity contribution in [2.24, 2.45) is 5.92 Å². The lowest BCUT2D eigenvalue weighted by molar-refractivity contribution is 0.0570. The predicted molar refractivity (Wildman–Crippen MR) is 85.1 cm³/mol. The highest BCUT2D eigenvalue weighted by molar-refractivity contribution is 5.94. The number of likely N-dealkylation sites (tertiary alicyclic amines) is 1. The number of aliphatic hydroxyl groups is 1.